The smallest absolute Gasteiger partial charge is 0.247 e. The average Bonchev–Trinajstić information content (AvgIpc) is 3.05. The number of hydrogen-bond donors (Lipinski definition) is 1. The summed E-state index contributed by atoms with van der Waals surface area (Å²) in [6, 6.07) is 17.4. The molecule has 3 rings (SSSR count). The first kappa shape index (κ1) is 14.9. The van der Waals surface area contributed by atoms with Gasteiger partial charge in [-0.05, 0) is 48.4 Å². The van der Waals surface area contributed by atoms with E-state index in [0.717, 1.165) is 23.1 Å². The Morgan fingerprint density at radius 1 is 1.04 bits per heavy atom. The standard InChI is InChI=1S/C18H16N4O/c19-9-8-13-2-1-3-16(10-13)18-22-21-17(23-18)11-14-4-6-15(12-20)7-5-14/h1-7,10H,8-9,11,19H2. The number of nitriles is 1. The van der Waals surface area contributed by atoms with Gasteiger partial charge >= 0.3 is 0 Å². The van der Waals surface area contributed by atoms with Crippen molar-refractivity contribution in [2.45, 2.75) is 12.8 Å². The first-order valence-corrected chi connectivity index (χ1v) is 7.39. The summed E-state index contributed by atoms with van der Waals surface area (Å²) in [5, 5.41) is 17.0. The lowest BCUT2D eigenvalue weighted by molar-refractivity contribution is 0.518. The van der Waals surface area contributed by atoms with Crippen molar-refractivity contribution >= 4 is 0 Å². The van der Waals surface area contributed by atoms with E-state index in [0.29, 0.717) is 30.3 Å². The van der Waals surface area contributed by atoms with Crippen LogP contribution in [0.1, 0.15) is 22.6 Å². The molecule has 5 heteroatoms. The molecule has 0 aliphatic carbocycles. The van der Waals surface area contributed by atoms with Crippen LogP contribution in [-0.4, -0.2) is 16.7 Å². The van der Waals surface area contributed by atoms with Crippen LogP contribution in [-0.2, 0) is 12.8 Å². The summed E-state index contributed by atoms with van der Waals surface area (Å²) < 4.78 is 5.74. The molecule has 0 unspecified atom stereocenters. The van der Waals surface area contributed by atoms with E-state index < -0.39 is 0 Å². The van der Waals surface area contributed by atoms with Crippen LogP contribution in [0.4, 0.5) is 0 Å². The molecule has 0 radical (unpaired) electrons. The zero-order chi connectivity index (χ0) is 16.1. The van der Waals surface area contributed by atoms with Gasteiger partial charge in [0.15, 0.2) is 0 Å². The Labute approximate surface area is 134 Å². The second-order valence-electron chi connectivity index (χ2n) is 5.23. The highest BCUT2D eigenvalue weighted by Crippen LogP contribution is 2.20. The predicted octanol–water partition coefficient (Wildman–Crippen LogP) is 2.70. The molecule has 5 nitrogen and oxygen atoms in total. The van der Waals surface area contributed by atoms with Crippen molar-refractivity contribution in [1.29, 1.82) is 5.26 Å². The minimum Gasteiger partial charge on any atom is -0.420 e. The minimum absolute atomic E-state index is 0.507. The lowest BCUT2D eigenvalue weighted by Gasteiger charge is -2.00. The Balaban J connectivity index is 1.77. The molecule has 2 N–H and O–H groups in total. The zero-order valence-electron chi connectivity index (χ0n) is 12.6. The van der Waals surface area contributed by atoms with Gasteiger partial charge in [0.1, 0.15) is 0 Å². The monoisotopic (exact) mass is 304 g/mol. The number of hydrogen-bond acceptors (Lipinski definition) is 5. The predicted molar refractivity (Wildman–Crippen MR) is 86.5 cm³/mol. The van der Waals surface area contributed by atoms with Crippen molar-refractivity contribution in [2.75, 3.05) is 6.54 Å². The van der Waals surface area contributed by atoms with Crippen molar-refractivity contribution in [2.24, 2.45) is 5.73 Å². The molecule has 0 saturated heterocycles. The first-order valence-electron chi connectivity index (χ1n) is 7.39. The average molecular weight is 304 g/mol. The normalized spacial score (nSPS) is 10.4. The van der Waals surface area contributed by atoms with Crippen molar-refractivity contribution < 1.29 is 4.42 Å². The van der Waals surface area contributed by atoms with Crippen molar-refractivity contribution in [3.63, 3.8) is 0 Å². The van der Waals surface area contributed by atoms with E-state index in [9.17, 15) is 0 Å². The van der Waals surface area contributed by atoms with Crippen molar-refractivity contribution in [3.05, 3.63) is 71.1 Å². The van der Waals surface area contributed by atoms with Crippen molar-refractivity contribution in [1.82, 2.24) is 10.2 Å². The van der Waals surface area contributed by atoms with E-state index in [1.165, 1.54) is 0 Å². The number of nitrogens with zero attached hydrogens (tertiary/aromatic N) is 3. The molecule has 23 heavy (non-hydrogen) atoms. The first-order chi connectivity index (χ1) is 11.3. The van der Waals surface area contributed by atoms with Gasteiger partial charge < -0.3 is 10.2 Å². The molecule has 2 aromatic carbocycles. The molecule has 1 heterocycles. The van der Waals surface area contributed by atoms with E-state index >= 15 is 0 Å². The summed E-state index contributed by atoms with van der Waals surface area (Å²) in [5.41, 5.74) is 9.30. The molecule has 1 aromatic heterocycles. The highest BCUT2D eigenvalue weighted by Gasteiger charge is 2.09. The lowest BCUT2D eigenvalue weighted by Crippen LogP contribution is -2.02. The van der Waals surface area contributed by atoms with E-state index in [1.54, 1.807) is 12.1 Å². The third kappa shape index (κ3) is 3.62. The molecular formula is C18H16N4O. The molecule has 0 spiro atoms. The Hall–Kier alpha value is -2.97. The molecule has 3 aromatic rings. The molecule has 0 amide bonds. The van der Waals surface area contributed by atoms with Crippen LogP contribution in [0.5, 0.6) is 0 Å². The summed E-state index contributed by atoms with van der Waals surface area (Å²) in [6.07, 6.45) is 1.36. The van der Waals surface area contributed by atoms with E-state index in [4.69, 9.17) is 15.4 Å². The van der Waals surface area contributed by atoms with Gasteiger partial charge in [-0.15, -0.1) is 10.2 Å². The van der Waals surface area contributed by atoms with E-state index in [-0.39, 0.29) is 0 Å². The van der Waals surface area contributed by atoms with Crippen LogP contribution in [0, 0.1) is 11.3 Å². The molecule has 0 aliphatic heterocycles. The highest BCUT2D eigenvalue weighted by atomic mass is 16.4. The van der Waals surface area contributed by atoms with Crippen LogP contribution >= 0.6 is 0 Å². The van der Waals surface area contributed by atoms with Crippen LogP contribution in [0.25, 0.3) is 11.5 Å². The maximum atomic E-state index is 8.81. The lowest BCUT2D eigenvalue weighted by atomic mass is 10.1. The zero-order valence-corrected chi connectivity index (χ0v) is 12.6. The van der Waals surface area contributed by atoms with Gasteiger partial charge in [0.25, 0.3) is 0 Å². The fourth-order valence-corrected chi connectivity index (χ4v) is 2.34. The molecule has 0 fully saturated rings. The Bertz CT molecular complexity index is 831. The summed E-state index contributed by atoms with van der Waals surface area (Å²) in [5.74, 6) is 1.06. The third-order valence-corrected chi connectivity index (χ3v) is 3.51. The van der Waals surface area contributed by atoms with Gasteiger partial charge in [0, 0.05) is 5.56 Å². The second kappa shape index (κ2) is 6.86. The SMILES string of the molecule is N#Cc1ccc(Cc2nnc(-c3cccc(CCN)c3)o2)cc1. The summed E-state index contributed by atoms with van der Waals surface area (Å²) in [7, 11) is 0. The summed E-state index contributed by atoms with van der Waals surface area (Å²) in [6.45, 7) is 0.608. The van der Waals surface area contributed by atoms with Gasteiger partial charge in [0.05, 0.1) is 18.1 Å². The Morgan fingerprint density at radius 3 is 2.61 bits per heavy atom. The third-order valence-electron chi connectivity index (χ3n) is 3.51. The summed E-state index contributed by atoms with van der Waals surface area (Å²) >= 11 is 0. The van der Waals surface area contributed by atoms with Crippen molar-refractivity contribution in [3.8, 4) is 17.5 Å². The Kier molecular flexibility index (Phi) is 4.46. The summed E-state index contributed by atoms with van der Waals surface area (Å²) in [4.78, 5) is 0. The molecule has 114 valence electrons. The van der Waals surface area contributed by atoms with Gasteiger partial charge in [0.2, 0.25) is 11.8 Å². The van der Waals surface area contributed by atoms with Crippen LogP contribution in [0.3, 0.4) is 0 Å². The van der Waals surface area contributed by atoms with Gasteiger partial charge in [-0.25, -0.2) is 0 Å². The van der Waals surface area contributed by atoms with Gasteiger partial charge in [-0.3, -0.25) is 0 Å². The number of rotatable bonds is 5. The molecule has 0 saturated carbocycles. The van der Waals surface area contributed by atoms with Gasteiger partial charge in [-0.1, -0.05) is 24.3 Å². The fourth-order valence-electron chi connectivity index (χ4n) is 2.34. The molecular weight excluding hydrogens is 288 g/mol. The molecule has 0 atom stereocenters. The second-order valence-corrected chi connectivity index (χ2v) is 5.23. The van der Waals surface area contributed by atoms with Gasteiger partial charge in [-0.2, -0.15) is 5.26 Å². The number of nitrogens with two attached hydrogens (primary N) is 1. The van der Waals surface area contributed by atoms with Crippen LogP contribution in [0.15, 0.2) is 52.9 Å². The highest BCUT2D eigenvalue weighted by molar-refractivity contribution is 5.53. The largest absolute Gasteiger partial charge is 0.420 e. The molecule has 0 bridgehead atoms. The quantitative estimate of drug-likeness (QED) is 0.783. The minimum atomic E-state index is 0.507. The van der Waals surface area contributed by atoms with E-state index in [1.807, 2.05) is 36.4 Å². The van der Waals surface area contributed by atoms with E-state index in [2.05, 4.69) is 16.3 Å². The number of benzene rings is 2. The maximum absolute atomic E-state index is 8.81. The van der Waals surface area contributed by atoms with Crippen LogP contribution in [0.2, 0.25) is 0 Å². The molecule has 0 aliphatic rings. The number of aromatic nitrogens is 2. The maximum Gasteiger partial charge on any atom is 0.247 e. The topological polar surface area (TPSA) is 88.7 Å². The Morgan fingerprint density at radius 2 is 1.87 bits per heavy atom. The van der Waals surface area contributed by atoms with Crippen LogP contribution < -0.4 is 5.73 Å². The fraction of sp³-hybridized carbons (Fsp3) is 0.167.